The minimum absolute atomic E-state index is 0.157. The zero-order valence-electron chi connectivity index (χ0n) is 15.7. The molecule has 0 radical (unpaired) electrons. The van der Waals surface area contributed by atoms with Crippen molar-refractivity contribution in [3.8, 4) is 0 Å². The highest BCUT2D eigenvalue weighted by molar-refractivity contribution is 7.89. The van der Waals surface area contributed by atoms with Gasteiger partial charge < -0.3 is 5.32 Å². The van der Waals surface area contributed by atoms with E-state index in [4.69, 9.17) is 23.2 Å². The van der Waals surface area contributed by atoms with Crippen LogP contribution in [0.3, 0.4) is 0 Å². The van der Waals surface area contributed by atoms with Crippen molar-refractivity contribution >= 4 is 44.8 Å². The number of hydrogen-bond donors (Lipinski definition) is 2. The van der Waals surface area contributed by atoms with Crippen LogP contribution >= 0.6 is 23.2 Å². The molecule has 0 saturated heterocycles. The number of sulfonamides is 1. The summed E-state index contributed by atoms with van der Waals surface area (Å²) >= 11 is 11.8. The van der Waals surface area contributed by atoms with Crippen molar-refractivity contribution in [3.05, 3.63) is 57.8 Å². The Morgan fingerprint density at radius 2 is 1.79 bits per heavy atom. The van der Waals surface area contributed by atoms with Gasteiger partial charge >= 0.3 is 0 Å². The first-order chi connectivity index (χ1) is 13.7. The average Bonchev–Trinajstić information content (AvgIpc) is 2.66. The Balaban J connectivity index is 1.83. The molecule has 1 aliphatic rings. The predicted molar refractivity (Wildman–Crippen MR) is 113 cm³/mol. The summed E-state index contributed by atoms with van der Waals surface area (Å²) in [5, 5.41) is 3.04. The number of halogens is 3. The van der Waals surface area contributed by atoms with Gasteiger partial charge in [-0.2, -0.15) is 0 Å². The van der Waals surface area contributed by atoms with Crippen molar-refractivity contribution < 1.29 is 17.6 Å². The topological polar surface area (TPSA) is 75.3 Å². The molecule has 2 aromatic rings. The van der Waals surface area contributed by atoms with Crippen LogP contribution in [0.15, 0.2) is 41.3 Å². The van der Waals surface area contributed by atoms with Gasteiger partial charge in [-0.25, -0.2) is 17.5 Å². The number of carbonyl (C=O) groups is 1. The van der Waals surface area contributed by atoms with Gasteiger partial charge in [0.1, 0.15) is 5.82 Å². The summed E-state index contributed by atoms with van der Waals surface area (Å²) in [6.45, 7) is 2.01. The molecule has 2 atom stereocenters. The molecule has 156 valence electrons. The van der Waals surface area contributed by atoms with Gasteiger partial charge in [-0.1, -0.05) is 43.0 Å². The van der Waals surface area contributed by atoms with Gasteiger partial charge in [0.25, 0.3) is 5.91 Å². The molecular formula is C20H21Cl2FN2O3S. The SMILES string of the molecule is C[C@@H]1CCCC[C@@H]1NS(=O)(=O)c1ccc(F)c(C(=O)Nc2ccc(Cl)c(Cl)c2)c1. The monoisotopic (exact) mass is 458 g/mol. The fourth-order valence-electron chi connectivity index (χ4n) is 3.38. The van der Waals surface area contributed by atoms with Crippen LogP contribution < -0.4 is 10.0 Å². The Labute approximate surface area is 179 Å². The number of nitrogens with one attached hydrogen (secondary N) is 2. The summed E-state index contributed by atoms with van der Waals surface area (Å²) in [4.78, 5) is 12.4. The molecule has 0 spiro atoms. The standard InChI is InChI=1S/C20H21Cl2FN2O3S/c1-12-4-2-3-5-19(12)25-29(27,28)14-7-9-18(23)15(11-14)20(26)24-13-6-8-16(21)17(22)10-13/h6-12,19,25H,2-5H2,1H3,(H,24,26)/t12-,19+/m1/s1. The molecular weight excluding hydrogens is 438 g/mol. The normalized spacial score (nSPS) is 19.7. The molecule has 5 nitrogen and oxygen atoms in total. The average molecular weight is 459 g/mol. The largest absolute Gasteiger partial charge is 0.322 e. The maximum absolute atomic E-state index is 14.3. The fourth-order valence-corrected chi connectivity index (χ4v) is 5.08. The Bertz CT molecular complexity index is 1030. The van der Waals surface area contributed by atoms with E-state index < -0.39 is 21.7 Å². The third-order valence-electron chi connectivity index (χ3n) is 5.09. The Kier molecular flexibility index (Phi) is 6.83. The number of benzene rings is 2. The lowest BCUT2D eigenvalue weighted by Crippen LogP contribution is -2.41. The van der Waals surface area contributed by atoms with E-state index in [1.165, 1.54) is 18.2 Å². The molecule has 0 heterocycles. The second-order valence-corrected chi connectivity index (χ2v) is 9.74. The minimum Gasteiger partial charge on any atom is -0.322 e. The highest BCUT2D eigenvalue weighted by Gasteiger charge is 2.27. The third kappa shape index (κ3) is 5.28. The van der Waals surface area contributed by atoms with Crippen molar-refractivity contribution in [3.63, 3.8) is 0 Å². The number of anilines is 1. The summed E-state index contributed by atoms with van der Waals surface area (Å²) in [5.74, 6) is -1.40. The van der Waals surface area contributed by atoms with Crippen LogP contribution in [-0.2, 0) is 10.0 Å². The fraction of sp³-hybridized carbons (Fsp3) is 0.350. The van der Waals surface area contributed by atoms with Gasteiger partial charge in [-0.3, -0.25) is 4.79 Å². The van der Waals surface area contributed by atoms with Crippen molar-refractivity contribution in [2.45, 2.75) is 43.5 Å². The van der Waals surface area contributed by atoms with Gasteiger partial charge in [-0.05, 0) is 55.2 Å². The van der Waals surface area contributed by atoms with Gasteiger partial charge in [-0.15, -0.1) is 0 Å². The third-order valence-corrected chi connectivity index (χ3v) is 7.31. The van der Waals surface area contributed by atoms with Gasteiger partial charge in [0, 0.05) is 11.7 Å². The maximum atomic E-state index is 14.3. The molecule has 0 bridgehead atoms. The molecule has 1 fully saturated rings. The first-order valence-corrected chi connectivity index (χ1v) is 11.5. The summed E-state index contributed by atoms with van der Waals surface area (Å²) in [6.07, 6.45) is 3.74. The summed E-state index contributed by atoms with van der Waals surface area (Å²) in [7, 11) is -3.89. The van der Waals surface area contributed by atoms with Gasteiger partial charge in [0.15, 0.2) is 0 Å². The van der Waals surface area contributed by atoms with Crippen LogP contribution in [0, 0.1) is 11.7 Å². The van der Waals surface area contributed by atoms with E-state index >= 15 is 0 Å². The van der Waals surface area contributed by atoms with E-state index in [0.29, 0.717) is 10.7 Å². The van der Waals surface area contributed by atoms with Crippen LogP contribution in [0.1, 0.15) is 43.0 Å². The minimum atomic E-state index is -3.89. The number of carbonyl (C=O) groups excluding carboxylic acids is 1. The molecule has 0 aliphatic heterocycles. The van der Waals surface area contributed by atoms with Crippen LogP contribution in [0.2, 0.25) is 10.0 Å². The molecule has 1 amide bonds. The molecule has 2 N–H and O–H groups in total. The molecule has 9 heteroatoms. The number of amides is 1. The molecule has 29 heavy (non-hydrogen) atoms. The summed E-state index contributed by atoms with van der Waals surface area (Å²) in [5.41, 5.74) is -0.0677. The van der Waals surface area contributed by atoms with Crippen molar-refractivity contribution in [1.29, 1.82) is 0 Å². The van der Waals surface area contributed by atoms with Crippen LogP contribution in [0.5, 0.6) is 0 Å². The second kappa shape index (κ2) is 9.00. The molecule has 0 unspecified atom stereocenters. The van der Waals surface area contributed by atoms with Gasteiger partial charge in [0.05, 0.1) is 20.5 Å². The van der Waals surface area contributed by atoms with Crippen molar-refractivity contribution in [2.24, 2.45) is 5.92 Å². The van der Waals surface area contributed by atoms with E-state index in [0.717, 1.165) is 43.9 Å². The van der Waals surface area contributed by atoms with Crippen LogP contribution in [0.25, 0.3) is 0 Å². The highest BCUT2D eigenvalue weighted by atomic mass is 35.5. The zero-order chi connectivity index (χ0) is 21.2. The van der Waals surface area contributed by atoms with E-state index in [1.807, 2.05) is 6.92 Å². The van der Waals surface area contributed by atoms with E-state index in [-0.39, 0.29) is 27.4 Å². The lowest BCUT2D eigenvalue weighted by Gasteiger charge is -2.29. The maximum Gasteiger partial charge on any atom is 0.258 e. The van der Waals surface area contributed by atoms with Crippen molar-refractivity contribution in [2.75, 3.05) is 5.32 Å². The molecule has 1 aliphatic carbocycles. The second-order valence-electron chi connectivity index (χ2n) is 7.21. The Morgan fingerprint density at radius 1 is 1.07 bits per heavy atom. The highest BCUT2D eigenvalue weighted by Crippen LogP contribution is 2.27. The molecule has 3 rings (SSSR count). The Hall–Kier alpha value is -1.67. The predicted octanol–water partition coefficient (Wildman–Crippen LogP) is 5.24. The lowest BCUT2D eigenvalue weighted by molar-refractivity contribution is 0.102. The van der Waals surface area contributed by atoms with E-state index in [2.05, 4.69) is 10.0 Å². The molecule has 1 saturated carbocycles. The smallest absolute Gasteiger partial charge is 0.258 e. The Morgan fingerprint density at radius 3 is 2.48 bits per heavy atom. The number of hydrogen-bond acceptors (Lipinski definition) is 3. The first-order valence-electron chi connectivity index (χ1n) is 9.25. The number of rotatable bonds is 5. The quantitative estimate of drug-likeness (QED) is 0.642. The van der Waals surface area contributed by atoms with Crippen LogP contribution in [0.4, 0.5) is 10.1 Å². The van der Waals surface area contributed by atoms with Crippen molar-refractivity contribution in [1.82, 2.24) is 4.72 Å². The van der Waals surface area contributed by atoms with Crippen LogP contribution in [-0.4, -0.2) is 20.4 Å². The lowest BCUT2D eigenvalue weighted by atomic mass is 9.87. The summed E-state index contributed by atoms with van der Waals surface area (Å²) < 4.78 is 42.5. The van der Waals surface area contributed by atoms with E-state index in [1.54, 1.807) is 0 Å². The molecule has 2 aromatic carbocycles. The summed E-state index contributed by atoms with van der Waals surface area (Å²) in [6, 6.07) is 7.42. The van der Waals surface area contributed by atoms with E-state index in [9.17, 15) is 17.6 Å². The first kappa shape index (κ1) is 22.0. The molecule has 0 aromatic heterocycles. The van der Waals surface area contributed by atoms with Gasteiger partial charge in [0.2, 0.25) is 10.0 Å². The zero-order valence-corrected chi connectivity index (χ0v) is 18.0.